The van der Waals surface area contributed by atoms with Crippen molar-refractivity contribution in [2.45, 2.75) is 26.4 Å². The van der Waals surface area contributed by atoms with Gasteiger partial charge in [0.05, 0.1) is 27.2 Å². The molecule has 0 saturated heterocycles. The number of aryl methyl sites for hydroxylation is 2. The van der Waals surface area contributed by atoms with Crippen LogP contribution >= 0.6 is 11.3 Å². The molecule has 3 aromatic rings. The number of hydrogen-bond acceptors (Lipinski definition) is 5. The molecule has 0 fully saturated rings. The van der Waals surface area contributed by atoms with Crippen LogP contribution in [0.5, 0.6) is 0 Å². The van der Waals surface area contributed by atoms with Crippen LogP contribution in [0, 0.1) is 13.8 Å². The summed E-state index contributed by atoms with van der Waals surface area (Å²) in [5.74, 6) is -1.39. The summed E-state index contributed by atoms with van der Waals surface area (Å²) in [7, 11) is 0. The lowest BCUT2D eigenvalue weighted by atomic mass is 10.00. The van der Waals surface area contributed by atoms with Crippen LogP contribution in [0.15, 0.2) is 78.1 Å². The van der Waals surface area contributed by atoms with Crippen molar-refractivity contribution >= 4 is 29.1 Å². The number of aliphatic hydroxyl groups is 1. The fourth-order valence-corrected chi connectivity index (χ4v) is 4.57. The molecule has 0 spiro atoms. The Labute approximate surface area is 185 Å². The van der Waals surface area contributed by atoms with Gasteiger partial charge in [0.25, 0.3) is 5.91 Å². The van der Waals surface area contributed by atoms with Crippen molar-refractivity contribution in [3.8, 4) is 0 Å². The standard InChI is InChI=1S/C25H22N2O3S/c1-16-24(31-17(2)26-16)22(28)21-20(14-13-18-9-5-3-6-10-18)27(25(30)23(21)29)15-19-11-7-4-8-12-19/h3-14,20,29H,15H2,1-2H3/b14-13+. The summed E-state index contributed by atoms with van der Waals surface area (Å²) in [5.41, 5.74) is 2.56. The van der Waals surface area contributed by atoms with Gasteiger partial charge in [0.2, 0.25) is 5.78 Å². The number of carbonyl (C=O) groups excluding carboxylic acids is 2. The second-order valence-corrected chi connectivity index (χ2v) is 8.58. The van der Waals surface area contributed by atoms with Crippen molar-refractivity contribution < 1.29 is 14.7 Å². The third-order valence-electron chi connectivity index (χ3n) is 5.17. The molecule has 0 bridgehead atoms. The molecule has 1 N–H and O–H groups in total. The summed E-state index contributed by atoms with van der Waals surface area (Å²) in [6, 6.07) is 18.5. The molecule has 0 saturated carbocycles. The Morgan fingerprint density at radius 2 is 1.74 bits per heavy atom. The van der Waals surface area contributed by atoms with E-state index < -0.39 is 17.7 Å². The van der Waals surface area contributed by atoms with E-state index in [1.807, 2.05) is 73.7 Å². The number of Topliss-reactive ketones (excluding diaryl/α,β-unsaturated/α-hetero) is 1. The number of aliphatic hydroxyl groups excluding tert-OH is 1. The number of nitrogens with zero attached hydrogens (tertiary/aromatic N) is 2. The van der Waals surface area contributed by atoms with Crippen LogP contribution in [-0.4, -0.2) is 32.7 Å². The second kappa shape index (κ2) is 8.70. The number of aromatic nitrogens is 1. The lowest BCUT2D eigenvalue weighted by Gasteiger charge is -2.24. The molecule has 1 atom stereocenters. The molecule has 31 heavy (non-hydrogen) atoms. The van der Waals surface area contributed by atoms with E-state index in [0.717, 1.165) is 16.1 Å². The number of thiazole rings is 1. The van der Waals surface area contributed by atoms with Crippen LogP contribution in [0.3, 0.4) is 0 Å². The molecular weight excluding hydrogens is 408 g/mol. The minimum Gasteiger partial charge on any atom is -0.503 e. The smallest absolute Gasteiger partial charge is 0.290 e. The van der Waals surface area contributed by atoms with E-state index >= 15 is 0 Å². The van der Waals surface area contributed by atoms with Crippen LogP contribution in [0.4, 0.5) is 0 Å². The molecule has 156 valence electrons. The van der Waals surface area contributed by atoms with Gasteiger partial charge < -0.3 is 10.0 Å². The molecular formula is C25H22N2O3S. The molecule has 6 heteroatoms. The molecule has 4 rings (SSSR count). The minimum absolute atomic E-state index is 0.0971. The Kier molecular flexibility index (Phi) is 5.82. The highest BCUT2D eigenvalue weighted by Gasteiger charge is 2.42. The normalized spacial score (nSPS) is 16.5. The Balaban J connectivity index is 1.75. The van der Waals surface area contributed by atoms with E-state index in [1.165, 1.54) is 16.2 Å². The highest BCUT2D eigenvalue weighted by Crippen LogP contribution is 2.33. The molecule has 1 aliphatic heterocycles. The summed E-state index contributed by atoms with van der Waals surface area (Å²) < 4.78 is 0. The van der Waals surface area contributed by atoms with Gasteiger partial charge in [-0.1, -0.05) is 72.8 Å². The minimum atomic E-state index is -0.679. The topological polar surface area (TPSA) is 70.5 Å². The van der Waals surface area contributed by atoms with E-state index in [4.69, 9.17) is 0 Å². The van der Waals surface area contributed by atoms with E-state index in [0.29, 0.717) is 10.6 Å². The predicted molar refractivity (Wildman–Crippen MR) is 122 cm³/mol. The Bertz CT molecular complexity index is 1180. The molecule has 0 radical (unpaired) electrons. The van der Waals surface area contributed by atoms with Gasteiger partial charge in [0.15, 0.2) is 5.76 Å². The van der Waals surface area contributed by atoms with E-state index in [9.17, 15) is 14.7 Å². The van der Waals surface area contributed by atoms with Crippen molar-refractivity contribution in [3.63, 3.8) is 0 Å². The average Bonchev–Trinajstić information content (AvgIpc) is 3.24. The first-order chi connectivity index (χ1) is 15.0. The largest absolute Gasteiger partial charge is 0.503 e. The maximum atomic E-state index is 13.4. The van der Waals surface area contributed by atoms with Crippen LogP contribution in [0.25, 0.3) is 6.08 Å². The fourth-order valence-electron chi connectivity index (χ4n) is 3.70. The number of benzene rings is 2. The van der Waals surface area contributed by atoms with Crippen molar-refractivity contribution in [1.29, 1.82) is 0 Å². The number of rotatable bonds is 6. The SMILES string of the molecule is Cc1nc(C)c(C(=O)C2=C(O)C(=O)N(Cc3ccccc3)C2/C=C/c2ccccc2)s1. The Hall–Kier alpha value is -3.51. The zero-order valence-corrected chi connectivity index (χ0v) is 18.1. The van der Waals surface area contributed by atoms with Gasteiger partial charge in [-0.15, -0.1) is 11.3 Å². The second-order valence-electron chi connectivity index (χ2n) is 7.37. The maximum Gasteiger partial charge on any atom is 0.290 e. The summed E-state index contributed by atoms with van der Waals surface area (Å²) in [4.78, 5) is 32.7. The molecule has 1 aromatic heterocycles. The molecule has 0 aliphatic carbocycles. The zero-order valence-electron chi connectivity index (χ0n) is 17.3. The van der Waals surface area contributed by atoms with Crippen molar-refractivity contribution in [3.05, 3.63) is 105 Å². The Morgan fingerprint density at radius 1 is 1.10 bits per heavy atom. The number of hydrogen-bond donors (Lipinski definition) is 1. The van der Waals surface area contributed by atoms with Crippen LogP contribution in [0.1, 0.15) is 31.5 Å². The van der Waals surface area contributed by atoms with Gasteiger partial charge in [0, 0.05) is 6.54 Å². The third kappa shape index (κ3) is 4.20. The molecule has 2 heterocycles. The van der Waals surface area contributed by atoms with Crippen molar-refractivity contribution in [2.75, 3.05) is 0 Å². The summed E-state index contributed by atoms with van der Waals surface area (Å²) >= 11 is 1.27. The zero-order chi connectivity index (χ0) is 22.0. The summed E-state index contributed by atoms with van der Waals surface area (Å²) in [6.07, 6.45) is 3.67. The van der Waals surface area contributed by atoms with E-state index in [2.05, 4.69) is 4.98 Å². The van der Waals surface area contributed by atoms with Gasteiger partial charge in [-0.05, 0) is 25.0 Å². The van der Waals surface area contributed by atoms with Crippen LogP contribution in [-0.2, 0) is 11.3 Å². The van der Waals surface area contributed by atoms with Gasteiger partial charge >= 0.3 is 0 Å². The van der Waals surface area contributed by atoms with E-state index in [-0.39, 0.29) is 17.9 Å². The lowest BCUT2D eigenvalue weighted by molar-refractivity contribution is -0.129. The van der Waals surface area contributed by atoms with Crippen LogP contribution < -0.4 is 0 Å². The van der Waals surface area contributed by atoms with Crippen molar-refractivity contribution in [1.82, 2.24) is 9.88 Å². The number of amides is 1. The first kappa shape index (κ1) is 20.8. The Morgan fingerprint density at radius 3 is 2.35 bits per heavy atom. The summed E-state index contributed by atoms with van der Waals surface area (Å²) in [6.45, 7) is 3.88. The van der Waals surface area contributed by atoms with Gasteiger partial charge in [0.1, 0.15) is 0 Å². The van der Waals surface area contributed by atoms with Crippen LogP contribution in [0.2, 0.25) is 0 Å². The highest BCUT2D eigenvalue weighted by atomic mass is 32.1. The molecule has 1 aliphatic rings. The fraction of sp³-hybridized carbons (Fsp3) is 0.160. The first-order valence-electron chi connectivity index (χ1n) is 9.95. The van der Waals surface area contributed by atoms with Crippen molar-refractivity contribution in [2.24, 2.45) is 0 Å². The third-order valence-corrected chi connectivity index (χ3v) is 6.24. The van der Waals surface area contributed by atoms with Gasteiger partial charge in [-0.2, -0.15) is 0 Å². The highest BCUT2D eigenvalue weighted by molar-refractivity contribution is 7.14. The number of ketones is 1. The molecule has 5 nitrogen and oxygen atoms in total. The quantitative estimate of drug-likeness (QED) is 0.566. The summed E-state index contributed by atoms with van der Waals surface area (Å²) in [5, 5.41) is 11.5. The maximum absolute atomic E-state index is 13.4. The van der Waals surface area contributed by atoms with E-state index in [1.54, 1.807) is 13.0 Å². The number of carbonyl (C=O) groups is 2. The molecule has 2 aromatic carbocycles. The lowest BCUT2D eigenvalue weighted by Crippen LogP contribution is -2.35. The molecule has 1 amide bonds. The molecule has 1 unspecified atom stereocenters. The average molecular weight is 431 g/mol. The monoisotopic (exact) mass is 430 g/mol. The first-order valence-corrected chi connectivity index (χ1v) is 10.8. The predicted octanol–water partition coefficient (Wildman–Crippen LogP) is 4.88. The van der Waals surface area contributed by atoms with Gasteiger partial charge in [-0.25, -0.2) is 4.98 Å². The van der Waals surface area contributed by atoms with Gasteiger partial charge in [-0.3, -0.25) is 9.59 Å².